The summed E-state index contributed by atoms with van der Waals surface area (Å²) in [4.78, 5) is 20.6. The van der Waals surface area contributed by atoms with Crippen molar-refractivity contribution in [3.8, 4) is 11.4 Å². The number of aryl methyl sites for hydroxylation is 1. The van der Waals surface area contributed by atoms with Gasteiger partial charge in [0, 0.05) is 60.1 Å². The summed E-state index contributed by atoms with van der Waals surface area (Å²) in [5.41, 5.74) is 2.69. The molecule has 3 heterocycles. The number of ether oxygens (including phenoxy) is 1. The SMILES string of the molecule is CNC(=O)C[C@@H]1CCN1S(=O)(=O)c1ccc(Cl)c(COc2cccc3c(-n4ccnc4)cc(C)nc23)c1Cl. The number of benzene rings is 2. The largest absolute Gasteiger partial charge is 0.487 e. The highest BCUT2D eigenvalue weighted by Crippen LogP contribution is 2.37. The molecule has 1 aliphatic heterocycles. The van der Waals surface area contributed by atoms with Crippen LogP contribution >= 0.6 is 23.2 Å². The first-order chi connectivity index (χ1) is 18.2. The van der Waals surface area contributed by atoms with E-state index in [4.69, 9.17) is 27.9 Å². The molecule has 2 aromatic carbocycles. The highest BCUT2D eigenvalue weighted by atomic mass is 35.5. The molecule has 4 aromatic rings. The Kier molecular flexibility index (Phi) is 7.32. The van der Waals surface area contributed by atoms with Crippen LogP contribution in [0.15, 0.2) is 60.0 Å². The van der Waals surface area contributed by atoms with E-state index in [2.05, 4.69) is 15.3 Å². The second-order valence-electron chi connectivity index (χ2n) is 8.97. The average Bonchev–Trinajstić information content (AvgIpc) is 3.40. The van der Waals surface area contributed by atoms with E-state index in [1.807, 2.05) is 35.9 Å². The van der Waals surface area contributed by atoms with Gasteiger partial charge in [0.25, 0.3) is 0 Å². The van der Waals surface area contributed by atoms with Gasteiger partial charge in [-0.15, -0.1) is 0 Å². The van der Waals surface area contributed by atoms with E-state index < -0.39 is 16.1 Å². The monoisotopic (exact) mass is 573 g/mol. The lowest BCUT2D eigenvalue weighted by atomic mass is 10.0. The molecule has 38 heavy (non-hydrogen) atoms. The number of rotatable bonds is 8. The molecule has 0 bridgehead atoms. The molecule has 1 amide bonds. The Balaban J connectivity index is 1.45. The van der Waals surface area contributed by atoms with E-state index >= 15 is 0 Å². The maximum atomic E-state index is 13.4. The standard InChI is InChI=1S/C26H25Cl2N5O4S/c1-16-12-21(32-11-9-30-15-32)18-4-3-5-22(26(18)31-16)37-14-19-20(27)6-7-23(25(19)28)38(35,36)33-10-8-17(33)13-24(34)29-2/h3-7,9,11-12,15,17H,8,10,13-14H2,1-2H3,(H,29,34)/t17-/m0/s1. The van der Waals surface area contributed by atoms with Gasteiger partial charge in [-0.3, -0.25) is 4.79 Å². The number of hydrogen-bond acceptors (Lipinski definition) is 6. The number of imidazole rings is 1. The van der Waals surface area contributed by atoms with Crippen LogP contribution in [0.5, 0.6) is 5.75 Å². The predicted molar refractivity (Wildman–Crippen MR) is 145 cm³/mol. The maximum absolute atomic E-state index is 13.4. The van der Waals surface area contributed by atoms with Gasteiger partial charge >= 0.3 is 0 Å². The molecule has 1 aliphatic rings. The minimum atomic E-state index is -3.94. The molecule has 5 rings (SSSR count). The normalized spacial score (nSPS) is 15.8. The highest BCUT2D eigenvalue weighted by molar-refractivity contribution is 7.89. The first-order valence-electron chi connectivity index (χ1n) is 11.9. The van der Waals surface area contributed by atoms with Crippen LogP contribution in [-0.2, 0) is 21.4 Å². The molecule has 0 unspecified atom stereocenters. The number of nitrogens with zero attached hydrogens (tertiary/aromatic N) is 4. The summed E-state index contributed by atoms with van der Waals surface area (Å²) in [6, 6.07) is 10.0. The minimum absolute atomic E-state index is 0.00780. The third kappa shape index (κ3) is 4.84. The van der Waals surface area contributed by atoms with E-state index in [9.17, 15) is 13.2 Å². The minimum Gasteiger partial charge on any atom is -0.487 e. The third-order valence-electron chi connectivity index (χ3n) is 6.59. The molecule has 0 spiro atoms. The van der Waals surface area contributed by atoms with Crippen molar-refractivity contribution in [1.82, 2.24) is 24.2 Å². The second kappa shape index (κ2) is 10.5. The average molecular weight is 574 g/mol. The van der Waals surface area contributed by atoms with Crippen molar-refractivity contribution in [2.45, 2.75) is 37.3 Å². The Morgan fingerprint density at radius 1 is 1.24 bits per heavy atom. The van der Waals surface area contributed by atoms with Crippen molar-refractivity contribution in [3.63, 3.8) is 0 Å². The predicted octanol–water partition coefficient (Wildman–Crippen LogP) is 4.51. The van der Waals surface area contributed by atoms with E-state index in [1.54, 1.807) is 18.6 Å². The summed E-state index contributed by atoms with van der Waals surface area (Å²) < 4.78 is 36.2. The van der Waals surface area contributed by atoms with Gasteiger partial charge in [-0.2, -0.15) is 4.31 Å². The molecule has 2 aromatic heterocycles. The van der Waals surface area contributed by atoms with Gasteiger partial charge in [-0.1, -0.05) is 35.3 Å². The van der Waals surface area contributed by atoms with E-state index in [-0.39, 0.29) is 33.9 Å². The van der Waals surface area contributed by atoms with Crippen molar-refractivity contribution < 1.29 is 17.9 Å². The lowest BCUT2D eigenvalue weighted by Crippen LogP contribution is -2.52. The first-order valence-corrected chi connectivity index (χ1v) is 14.1. The fraction of sp³-hybridized carbons (Fsp3) is 0.269. The maximum Gasteiger partial charge on any atom is 0.244 e. The number of para-hydroxylation sites is 1. The van der Waals surface area contributed by atoms with E-state index in [1.165, 1.54) is 23.5 Å². The van der Waals surface area contributed by atoms with Crippen molar-refractivity contribution in [3.05, 3.63) is 76.4 Å². The Labute approximate surface area is 230 Å². The van der Waals surface area contributed by atoms with Crippen LogP contribution in [0.1, 0.15) is 24.1 Å². The van der Waals surface area contributed by atoms with Crippen LogP contribution in [0.2, 0.25) is 10.0 Å². The molecule has 9 nitrogen and oxygen atoms in total. The lowest BCUT2D eigenvalue weighted by Gasteiger charge is -2.39. The molecule has 0 saturated carbocycles. The van der Waals surface area contributed by atoms with E-state index in [0.717, 1.165) is 16.8 Å². The summed E-state index contributed by atoms with van der Waals surface area (Å²) in [7, 11) is -2.42. The number of halogens is 2. The molecule has 12 heteroatoms. The zero-order valence-corrected chi connectivity index (χ0v) is 23.0. The molecular weight excluding hydrogens is 549 g/mol. The number of aromatic nitrogens is 3. The van der Waals surface area contributed by atoms with Gasteiger partial charge in [0.1, 0.15) is 22.8 Å². The summed E-state index contributed by atoms with van der Waals surface area (Å²) in [6.07, 6.45) is 5.96. The Hall–Kier alpha value is -3.18. The number of sulfonamides is 1. The Bertz CT molecular complexity index is 1630. The summed E-state index contributed by atoms with van der Waals surface area (Å²) in [5.74, 6) is 0.280. The zero-order valence-electron chi connectivity index (χ0n) is 20.7. The molecule has 1 atom stereocenters. The molecule has 1 saturated heterocycles. The van der Waals surface area contributed by atoms with E-state index in [0.29, 0.717) is 29.8 Å². The molecule has 0 radical (unpaired) electrons. The Morgan fingerprint density at radius 3 is 2.74 bits per heavy atom. The number of nitrogens with one attached hydrogen (secondary N) is 1. The molecular formula is C26H25Cl2N5O4S. The topological polar surface area (TPSA) is 106 Å². The molecule has 0 aliphatic carbocycles. The number of carbonyl (C=O) groups is 1. The lowest BCUT2D eigenvalue weighted by molar-refractivity contribution is -0.122. The number of hydrogen-bond donors (Lipinski definition) is 1. The second-order valence-corrected chi connectivity index (χ2v) is 11.6. The number of pyridine rings is 1. The Morgan fingerprint density at radius 2 is 2.05 bits per heavy atom. The summed E-state index contributed by atoms with van der Waals surface area (Å²) in [6.45, 7) is 2.14. The highest BCUT2D eigenvalue weighted by Gasteiger charge is 2.40. The van der Waals surface area contributed by atoms with Gasteiger partial charge < -0.3 is 14.6 Å². The smallest absolute Gasteiger partial charge is 0.244 e. The number of fused-ring (bicyclic) bond motifs is 1. The van der Waals surface area contributed by atoms with Crippen molar-refractivity contribution in [2.24, 2.45) is 0 Å². The quantitative estimate of drug-likeness (QED) is 0.332. The zero-order chi connectivity index (χ0) is 27.0. The third-order valence-corrected chi connectivity index (χ3v) is 9.48. The fourth-order valence-electron chi connectivity index (χ4n) is 4.50. The van der Waals surface area contributed by atoms with Crippen LogP contribution < -0.4 is 10.1 Å². The van der Waals surface area contributed by atoms with Gasteiger partial charge in [0.15, 0.2) is 0 Å². The number of carbonyl (C=O) groups excluding carboxylic acids is 1. The van der Waals surface area contributed by atoms with Crippen LogP contribution in [-0.4, -0.2) is 52.8 Å². The van der Waals surface area contributed by atoms with Crippen LogP contribution in [0, 0.1) is 6.92 Å². The number of amides is 1. The molecule has 198 valence electrons. The van der Waals surface area contributed by atoms with Crippen molar-refractivity contribution in [2.75, 3.05) is 13.6 Å². The van der Waals surface area contributed by atoms with Gasteiger partial charge in [0.2, 0.25) is 15.9 Å². The fourth-order valence-corrected chi connectivity index (χ4v) is 7.03. The van der Waals surface area contributed by atoms with Crippen molar-refractivity contribution >= 4 is 50.0 Å². The van der Waals surface area contributed by atoms with Gasteiger partial charge in [-0.25, -0.2) is 18.4 Å². The molecule has 1 fully saturated rings. The van der Waals surface area contributed by atoms with Crippen LogP contribution in [0.3, 0.4) is 0 Å². The summed E-state index contributed by atoms with van der Waals surface area (Å²) in [5, 5.41) is 3.67. The van der Waals surface area contributed by atoms with Crippen molar-refractivity contribution in [1.29, 1.82) is 0 Å². The molecule has 1 N–H and O–H groups in total. The van der Waals surface area contributed by atoms with Crippen LogP contribution in [0.25, 0.3) is 16.6 Å². The van der Waals surface area contributed by atoms with Gasteiger partial charge in [0.05, 0.1) is 17.0 Å². The first kappa shape index (κ1) is 26.4. The summed E-state index contributed by atoms with van der Waals surface area (Å²) >= 11 is 13.1. The van der Waals surface area contributed by atoms with Gasteiger partial charge in [-0.05, 0) is 37.6 Å². The van der Waals surface area contributed by atoms with Crippen LogP contribution in [0.4, 0.5) is 0 Å².